The molecule has 3 rings (SSSR count). The summed E-state index contributed by atoms with van der Waals surface area (Å²) in [4.78, 5) is 30.1. The molecule has 1 amide bonds. The van der Waals surface area contributed by atoms with Crippen molar-refractivity contribution in [2.24, 2.45) is 0 Å². The molecule has 0 radical (unpaired) electrons. The first-order chi connectivity index (χ1) is 10.6. The first kappa shape index (κ1) is 14.7. The third-order valence-electron chi connectivity index (χ3n) is 2.93. The van der Waals surface area contributed by atoms with Gasteiger partial charge in [0.25, 0.3) is 0 Å². The van der Waals surface area contributed by atoms with E-state index < -0.39 is 0 Å². The Morgan fingerprint density at radius 3 is 2.68 bits per heavy atom. The van der Waals surface area contributed by atoms with Crippen molar-refractivity contribution in [1.29, 1.82) is 0 Å². The van der Waals surface area contributed by atoms with E-state index >= 15 is 0 Å². The van der Waals surface area contributed by atoms with E-state index in [0.29, 0.717) is 21.7 Å². The van der Waals surface area contributed by atoms with E-state index in [4.69, 9.17) is 0 Å². The van der Waals surface area contributed by atoms with Crippen LogP contribution in [-0.2, 0) is 11.2 Å². The highest BCUT2D eigenvalue weighted by atomic mass is 32.1. The van der Waals surface area contributed by atoms with Crippen molar-refractivity contribution in [2.75, 3.05) is 5.32 Å². The Hall–Kier alpha value is -2.19. The van der Waals surface area contributed by atoms with Crippen LogP contribution in [0.3, 0.4) is 0 Å². The van der Waals surface area contributed by atoms with Gasteiger partial charge in [-0.2, -0.15) is 0 Å². The summed E-state index contributed by atoms with van der Waals surface area (Å²) in [5, 5.41) is 5.99. The maximum atomic E-state index is 12.0. The first-order valence-corrected chi connectivity index (χ1v) is 8.27. The predicted molar refractivity (Wildman–Crippen MR) is 87.1 cm³/mol. The van der Waals surface area contributed by atoms with Crippen LogP contribution < -0.4 is 5.32 Å². The van der Waals surface area contributed by atoms with E-state index in [2.05, 4.69) is 25.3 Å². The van der Waals surface area contributed by atoms with Crippen molar-refractivity contribution in [3.05, 3.63) is 40.1 Å². The van der Waals surface area contributed by atoms with Crippen LogP contribution >= 0.6 is 22.7 Å². The summed E-state index contributed by atoms with van der Waals surface area (Å²) in [6.07, 6.45) is 3.55. The molecule has 3 aromatic rings. The third-order valence-corrected chi connectivity index (χ3v) is 4.80. The van der Waals surface area contributed by atoms with Crippen molar-refractivity contribution in [3.8, 4) is 10.8 Å². The number of aryl methyl sites for hydroxylation is 2. The second-order valence-electron chi connectivity index (χ2n) is 4.60. The Balaban J connectivity index is 1.66. The van der Waals surface area contributed by atoms with Gasteiger partial charge < -0.3 is 5.32 Å². The normalized spacial score (nSPS) is 10.6. The Bertz CT molecular complexity index is 777. The number of nitrogens with zero attached hydrogens (tertiary/aromatic N) is 4. The van der Waals surface area contributed by atoms with Crippen LogP contribution in [-0.4, -0.2) is 25.8 Å². The van der Waals surface area contributed by atoms with Crippen LogP contribution in [0.15, 0.2) is 23.8 Å². The van der Waals surface area contributed by atoms with Gasteiger partial charge in [0, 0.05) is 22.7 Å². The van der Waals surface area contributed by atoms with Gasteiger partial charge in [-0.3, -0.25) is 4.79 Å². The molecule has 3 heterocycles. The number of hydrogen-bond acceptors (Lipinski definition) is 7. The van der Waals surface area contributed by atoms with Crippen LogP contribution in [0.2, 0.25) is 0 Å². The average Bonchev–Trinajstić information content (AvgIpc) is 3.07. The fourth-order valence-electron chi connectivity index (χ4n) is 1.75. The number of carbonyl (C=O) groups is 1. The third kappa shape index (κ3) is 3.34. The van der Waals surface area contributed by atoms with Crippen LogP contribution in [0, 0.1) is 13.8 Å². The lowest BCUT2D eigenvalue weighted by Crippen LogP contribution is -2.14. The Labute approximate surface area is 135 Å². The molecule has 0 saturated carbocycles. The lowest BCUT2D eigenvalue weighted by molar-refractivity contribution is -0.115. The molecule has 22 heavy (non-hydrogen) atoms. The molecule has 0 saturated heterocycles. The molecule has 0 unspecified atom stereocenters. The molecule has 0 aliphatic carbocycles. The van der Waals surface area contributed by atoms with Gasteiger partial charge >= 0.3 is 0 Å². The number of hydrogen-bond donors (Lipinski definition) is 1. The van der Waals surface area contributed by atoms with Crippen molar-refractivity contribution in [2.45, 2.75) is 20.3 Å². The molecular weight excluding hydrogens is 318 g/mol. The molecule has 0 bridgehead atoms. The zero-order valence-electron chi connectivity index (χ0n) is 12.0. The highest BCUT2D eigenvalue weighted by Crippen LogP contribution is 2.22. The summed E-state index contributed by atoms with van der Waals surface area (Å²) in [7, 11) is 0. The summed E-state index contributed by atoms with van der Waals surface area (Å²) < 4.78 is 0. The van der Waals surface area contributed by atoms with Gasteiger partial charge in [0.1, 0.15) is 0 Å². The van der Waals surface area contributed by atoms with E-state index in [0.717, 1.165) is 10.6 Å². The molecule has 0 aromatic carbocycles. The largest absolute Gasteiger partial charge is 0.302 e. The molecular formula is C14H13N5OS2. The maximum absolute atomic E-state index is 12.0. The molecule has 0 aliphatic heterocycles. The van der Waals surface area contributed by atoms with Gasteiger partial charge in [-0.1, -0.05) is 0 Å². The SMILES string of the molecule is Cc1nc(NC(=O)Cc2csc(-c3ncccn3)n2)sc1C. The number of anilines is 1. The van der Waals surface area contributed by atoms with E-state index in [1.54, 1.807) is 18.5 Å². The highest BCUT2D eigenvalue weighted by Gasteiger charge is 2.12. The van der Waals surface area contributed by atoms with Crippen LogP contribution in [0.5, 0.6) is 0 Å². The molecule has 112 valence electrons. The summed E-state index contributed by atoms with van der Waals surface area (Å²) in [5.41, 5.74) is 1.65. The minimum atomic E-state index is -0.125. The molecule has 1 N–H and O–H groups in total. The summed E-state index contributed by atoms with van der Waals surface area (Å²) in [6, 6.07) is 1.75. The number of amides is 1. The number of thiazole rings is 2. The highest BCUT2D eigenvalue weighted by molar-refractivity contribution is 7.15. The van der Waals surface area contributed by atoms with Gasteiger partial charge in [-0.05, 0) is 19.9 Å². The van der Waals surface area contributed by atoms with Crippen molar-refractivity contribution in [3.63, 3.8) is 0 Å². The summed E-state index contributed by atoms with van der Waals surface area (Å²) in [6.45, 7) is 3.91. The molecule has 0 spiro atoms. The quantitative estimate of drug-likeness (QED) is 0.795. The number of carbonyl (C=O) groups excluding carboxylic acids is 1. The van der Waals surface area contributed by atoms with Crippen molar-refractivity contribution in [1.82, 2.24) is 19.9 Å². The lowest BCUT2D eigenvalue weighted by atomic mass is 10.3. The maximum Gasteiger partial charge on any atom is 0.232 e. The van der Waals surface area contributed by atoms with E-state index in [1.807, 2.05) is 19.2 Å². The van der Waals surface area contributed by atoms with Gasteiger partial charge in [0.2, 0.25) is 5.91 Å². The Morgan fingerprint density at radius 1 is 1.23 bits per heavy atom. The van der Waals surface area contributed by atoms with Crippen LogP contribution in [0.25, 0.3) is 10.8 Å². The number of aromatic nitrogens is 4. The minimum absolute atomic E-state index is 0.125. The molecule has 0 aliphatic rings. The fourth-order valence-corrected chi connectivity index (χ4v) is 3.35. The molecule has 0 fully saturated rings. The second kappa shape index (κ2) is 6.29. The molecule has 6 nitrogen and oxygen atoms in total. The summed E-state index contributed by atoms with van der Waals surface area (Å²) in [5.74, 6) is 0.449. The van der Waals surface area contributed by atoms with Gasteiger partial charge in [0.05, 0.1) is 17.8 Å². The van der Waals surface area contributed by atoms with Crippen molar-refractivity contribution >= 4 is 33.7 Å². The first-order valence-electron chi connectivity index (χ1n) is 6.57. The number of nitrogens with one attached hydrogen (secondary N) is 1. The average molecular weight is 331 g/mol. The van der Waals surface area contributed by atoms with E-state index in [9.17, 15) is 4.79 Å². The molecule has 8 heteroatoms. The second-order valence-corrected chi connectivity index (χ2v) is 6.66. The fraction of sp³-hybridized carbons (Fsp3) is 0.214. The van der Waals surface area contributed by atoms with E-state index in [1.165, 1.54) is 22.7 Å². The Kier molecular flexibility index (Phi) is 4.21. The Morgan fingerprint density at radius 2 is 2.00 bits per heavy atom. The van der Waals surface area contributed by atoms with Gasteiger partial charge in [0.15, 0.2) is 16.0 Å². The summed E-state index contributed by atoms with van der Waals surface area (Å²) >= 11 is 2.90. The van der Waals surface area contributed by atoms with Crippen LogP contribution in [0.1, 0.15) is 16.3 Å². The standard InChI is InChI=1S/C14H13N5OS2/c1-8-9(2)22-14(17-8)19-11(20)6-10-7-21-13(18-10)12-15-4-3-5-16-12/h3-5,7H,6H2,1-2H3,(H,17,19,20). The zero-order valence-corrected chi connectivity index (χ0v) is 13.7. The predicted octanol–water partition coefficient (Wildman–Crippen LogP) is 2.85. The lowest BCUT2D eigenvalue weighted by Gasteiger charge is -1.98. The topological polar surface area (TPSA) is 80.7 Å². The van der Waals surface area contributed by atoms with Gasteiger partial charge in [-0.25, -0.2) is 19.9 Å². The molecule has 0 atom stereocenters. The molecule has 3 aromatic heterocycles. The van der Waals surface area contributed by atoms with Crippen LogP contribution in [0.4, 0.5) is 5.13 Å². The van der Waals surface area contributed by atoms with Crippen molar-refractivity contribution < 1.29 is 4.79 Å². The number of rotatable bonds is 4. The monoisotopic (exact) mass is 331 g/mol. The smallest absolute Gasteiger partial charge is 0.232 e. The zero-order chi connectivity index (χ0) is 15.5. The van der Waals surface area contributed by atoms with Gasteiger partial charge in [-0.15, -0.1) is 22.7 Å². The minimum Gasteiger partial charge on any atom is -0.302 e. The van der Waals surface area contributed by atoms with E-state index in [-0.39, 0.29) is 12.3 Å².